The molecule has 1 amide bonds. The number of carbonyl (C=O) groups is 2. The molecule has 0 aliphatic rings. The summed E-state index contributed by atoms with van der Waals surface area (Å²) >= 11 is 0. The molecule has 7 heteroatoms. The van der Waals surface area contributed by atoms with Crippen LogP contribution < -0.4 is 5.32 Å². The summed E-state index contributed by atoms with van der Waals surface area (Å²) < 4.78 is 20.2. The molecule has 0 saturated heterocycles. The van der Waals surface area contributed by atoms with Gasteiger partial charge < -0.3 is 14.6 Å². The van der Waals surface area contributed by atoms with Crippen LogP contribution in [0.5, 0.6) is 0 Å². The summed E-state index contributed by atoms with van der Waals surface area (Å²) in [7, 11) is 1.23. The number of carbonyl (C=O) groups excluding carboxylic acids is 2. The standard InChI is InChI=1S/C18H14FN3O3/c1-25-18(24)15-10-12(6-7-20-15)17(23)21-13-4-5-14(19)16(11-13)22-8-2-3-9-22/h2-11H,1H3,(H,21,23). The highest BCUT2D eigenvalue weighted by molar-refractivity contribution is 6.05. The molecule has 3 aromatic rings. The fourth-order valence-electron chi connectivity index (χ4n) is 2.27. The van der Waals surface area contributed by atoms with Crippen LogP contribution in [0.4, 0.5) is 10.1 Å². The minimum Gasteiger partial charge on any atom is -0.464 e. The zero-order valence-electron chi connectivity index (χ0n) is 13.3. The third kappa shape index (κ3) is 3.55. The van der Waals surface area contributed by atoms with E-state index in [1.165, 1.54) is 43.6 Å². The Labute approximate surface area is 142 Å². The highest BCUT2D eigenvalue weighted by Crippen LogP contribution is 2.19. The zero-order chi connectivity index (χ0) is 17.8. The van der Waals surface area contributed by atoms with Gasteiger partial charge in [-0.1, -0.05) is 0 Å². The molecule has 0 saturated carbocycles. The minimum atomic E-state index is -0.633. The van der Waals surface area contributed by atoms with E-state index in [9.17, 15) is 14.0 Å². The van der Waals surface area contributed by atoms with Gasteiger partial charge in [-0.25, -0.2) is 14.2 Å². The van der Waals surface area contributed by atoms with Crippen LogP contribution in [0.15, 0.2) is 61.1 Å². The molecule has 0 bridgehead atoms. The molecule has 1 aromatic carbocycles. The number of benzene rings is 1. The van der Waals surface area contributed by atoms with E-state index < -0.39 is 17.7 Å². The number of aromatic nitrogens is 2. The molecule has 0 radical (unpaired) electrons. The predicted molar refractivity (Wildman–Crippen MR) is 89.3 cm³/mol. The van der Waals surface area contributed by atoms with E-state index in [4.69, 9.17) is 0 Å². The third-order valence-corrected chi connectivity index (χ3v) is 3.50. The number of nitrogens with zero attached hydrogens (tertiary/aromatic N) is 2. The molecule has 2 heterocycles. The Morgan fingerprint density at radius 1 is 1.16 bits per heavy atom. The van der Waals surface area contributed by atoms with Gasteiger partial charge in [0.05, 0.1) is 12.8 Å². The van der Waals surface area contributed by atoms with Crippen molar-refractivity contribution in [2.24, 2.45) is 0 Å². The number of rotatable bonds is 4. The second kappa shape index (κ2) is 6.96. The van der Waals surface area contributed by atoms with E-state index in [1.54, 1.807) is 29.1 Å². The number of esters is 1. The van der Waals surface area contributed by atoms with Crippen molar-refractivity contribution in [2.75, 3.05) is 12.4 Å². The second-order valence-corrected chi connectivity index (χ2v) is 5.13. The molecular weight excluding hydrogens is 325 g/mol. The lowest BCUT2D eigenvalue weighted by Gasteiger charge is -2.10. The first-order valence-corrected chi connectivity index (χ1v) is 7.37. The average molecular weight is 339 g/mol. The van der Waals surface area contributed by atoms with Crippen molar-refractivity contribution in [3.05, 3.63) is 78.1 Å². The smallest absolute Gasteiger partial charge is 0.356 e. The van der Waals surface area contributed by atoms with Gasteiger partial charge in [-0.2, -0.15) is 0 Å². The van der Waals surface area contributed by atoms with Gasteiger partial charge in [0.15, 0.2) is 0 Å². The van der Waals surface area contributed by atoms with Gasteiger partial charge in [-0.3, -0.25) is 4.79 Å². The van der Waals surface area contributed by atoms with E-state index in [-0.39, 0.29) is 11.3 Å². The Hall–Kier alpha value is -3.48. The van der Waals surface area contributed by atoms with Crippen molar-refractivity contribution >= 4 is 17.6 Å². The molecule has 126 valence electrons. The van der Waals surface area contributed by atoms with Crippen molar-refractivity contribution < 1.29 is 18.7 Å². The molecule has 0 aliphatic heterocycles. The Bertz CT molecular complexity index is 923. The Morgan fingerprint density at radius 3 is 2.64 bits per heavy atom. The van der Waals surface area contributed by atoms with Gasteiger partial charge in [0.1, 0.15) is 11.5 Å². The molecule has 3 rings (SSSR count). The van der Waals surface area contributed by atoms with Crippen LogP contribution in [0.3, 0.4) is 0 Å². The predicted octanol–water partition coefficient (Wildman–Crippen LogP) is 3.05. The number of pyridine rings is 1. The van der Waals surface area contributed by atoms with Gasteiger partial charge in [0, 0.05) is 29.8 Å². The van der Waals surface area contributed by atoms with Gasteiger partial charge in [0.2, 0.25) is 0 Å². The number of hydrogen-bond donors (Lipinski definition) is 1. The summed E-state index contributed by atoms with van der Waals surface area (Å²) in [5, 5.41) is 2.67. The maximum atomic E-state index is 14.0. The number of methoxy groups -OCH3 is 1. The zero-order valence-corrected chi connectivity index (χ0v) is 13.3. The van der Waals surface area contributed by atoms with Gasteiger partial charge in [-0.05, 0) is 42.5 Å². The van der Waals surface area contributed by atoms with E-state index in [1.807, 2.05) is 0 Å². The Kier molecular flexibility index (Phi) is 4.56. The highest BCUT2D eigenvalue weighted by atomic mass is 19.1. The SMILES string of the molecule is COC(=O)c1cc(C(=O)Nc2ccc(F)c(-n3cccc3)c2)ccn1. The summed E-state index contributed by atoms with van der Waals surface area (Å²) in [6.45, 7) is 0. The fourth-order valence-corrected chi connectivity index (χ4v) is 2.27. The Balaban J connectivity index is 1.84. The summed E-state index contributed by atoms with van der Waals surface area (Å²) in [5.41, 5.74) is 1.00. The van der Waals surface area contributed by atoms with Crippen molar-refractivity contribution in [1.29, 1.82) is 0 Å². The molecular formula is C18H14FN3O3. The number of ether oxygens (including phenoxy) is 1. The fraction of sp³-hybridized carbons (Fsp3) is 0.0556. The molecule has 0 atom stereocenters. The van der Waals surface area contributed by atoms with Crippen LogP contribution >= 0.6 is 0 Å². The number of anilines is 1. The van der Waals surface area contributed by atoms with Gasteiger partial charge in [-0.15, -0.1) is 0 Å². The van der Waals surface area contributed by atoms with Crippen LogP contribution in [0, 0.1) is 5.82 Å². The van der Waals surface area contributed by atoms with Crippen molar-refractivity contribution in [3.8, 4) is 5.69 Å². The summed E-state index contributed by atoms with van der Waals surface area (Å²) in [4.78, 5) is 27.7. The van der Waals surface area contributed by atoms with Crippen LogP contribution in [0.1, 0.15) is 20.8 Å². The first-order valence-electron chi connectivity index (χ1n) is 7.37. The highest BCUT2D eigenvalue weighted by Gasteiger charge is 2.13. The number of halogens is 1. The summed E-state index contributed by atoms with van der Waals surface area (Å²) in [6.07, 6.45) is 4.75. The van der Waals surface area contributed by atoms with Gasteiger partial charge in [0.25, 0.3) is 5.91 Å². The number of nitrogens with one attached hydrogen (secondary N) is 1. The van der Waals surface area contributed by atoms with Crippen molar-refractivity contribution in [2.45, 2.75) is 0 Å². The van der Waals surface area contributed by atoms with E-state index in [2.05, 4.69) is 15.0 Å². The van der Waals surface area contributed by atoms with E-state index >= 15 is 0 Å². The molecule has 2 aromatic heterocycles. The first kappa shape index (κ1) is 16.4. The number of hydrogen-bond acceptors (Lipinski definition) is 4. The van der Waals surface area contributed by atoms with Crippen molar-refractivity contribution in [1.82, 2.24) is 9.55 Å². The van der Waals surface area contributed by atoms with E-state index in [0.717, 1.165) is 0 Å². The summed E-state index contributed by atoms with van der Waals surface area (Å²) in [5.74, 6) is -1.49. The molecule has 0 aliphatic carbocycles. The molecule has 0 unspecified atom stereocenters. The number of amides is 1. The lowest BCUT2D eigenvalue weighted by molar-refractivity contribution is 0.0594. The van der Waals surface area contributed by atoms with Crippen molar-refractivity contribution in [3.63, 3.8) is 0 Å². The largest absolute Gasteiger partial charge is 0.464 e. The molecule has 0 spiro atoms. The first-order chi connectivity index (χ1) is 12.1. The van der Waals surface area contributed by atoms with Crippen LogP contribution in [-0.2, 0) is 4.74 Å². The monoisotopic (exact) mass is 339 g/mol. The molecule has 6 nitrogen and oxygen atoms in total. The lowest BCUT2D eigenvalue weighted by Crippen LogP contribution is -2.14. The maximum Gasteiger partial charge on any atom is 0.356 e. The van der Waals surface area contributed by atoms with Crippen LogP contribution in [0.2, 0.25) is 0 Å². The third-order valence-electron chi connectivity index (χ3n) is 3.50. The molecule has 0 fully saturated rings. The second-order valence-electron chi connectivity index (χ2n) is 5.13. The maximum absolute atomic E-state index is 14.0. The van der Waals surface area contributed by atoms with Crippen LogP contribution in [-0.4, -0.2) is 28.5 Å². The normalized spacial score (nSPS) is 10.3. The topological polar surface area (TPSA) is 73.2 Å². The van der Waals surface area contributed by atoms with Gasteiger partial charge >= 0.3 is 5.97 Å². The summed E-state index contributed by atoms with van der Waals surface area (Å²) in [6, 6.07) is 10.6. The minimum absolute atomic E-state index is 0.0299. The quantitative estimate of drug-likeness (QED) is 0.742. The average Bonchev–Trinajstić information content (AvgIpc) is 3.17. The molecule has 1 N–H and O–H groups in total. The Morgan fingerprint density at radius 2 is 1.92 bits per heavy atom. The van der Waals surface area contributed by atoms with Crippen LogP contribution in [0.25, 0.3) is 5.69 Å². The van der Waals surface area contributed by atoms with E-state index in [0.29, 0.717) is 11.4 Å². The molecule has 25 heavy (non-hydrogen) atoms. The lowest BCUT2D eigenvalue weighted by atomic mass is 10.2.